The van der Waals surface area contributed by atoms with Crippen LogP contribution < -0.4 is 15.3 Å². The molecule has 4 aromatic rings. The lowest BCUT2D eigenvalue weighted by atomic mass is 10.2. The molecule has 13 heteroatoms. The van der Waals surface area contributed by atoms with Crippen LogP contribution in [0.2, 0.25) is 5.02 Å². The summed E-state index contributed by atoms with van der Waals surface area (Å²) < 4.78 is 45.2. The van der Waals surface area contributed by atoms with Gasteiger partial charge < -0.3 is 20.0 Å². The SMILES string of the molecule is CN(c1ccc(F)cc1)S(=O)(=O)c1ccc(Cl)c(C(=O)OCC(=O)Nc2ccc3[nH]c(=O)[nH]c3c2)c1. The number of fused-ring (bicyclic) bond motifs is 1. The smallest absolute Gasteiger partial charge is 0.340 e. The molecule has 0 saturated heterocycles. The van der Waals surface area contributed by atoms with Gasteiger partial charge in [-0.25, -0.2) is 22.4 Å². The van der Waals surface area contributed by atoms with Gasteiger partial charge in [-0.1, -0.05) is 11.6 Å². The molecule has 3 aromatic carbocycles. The quantitative estimate of drug-likeness (QED) is 0.312. The van der Waals surface area contributed by atoms with Crippen LogP contribution in [0.3, 0.4) is 0 Å². The third kappa shape index (κ3) is 5.24. The molecule has 0 saturated carbocycles. The number of carbonyl (C=O) groups excluding carboxylic acids is 2. The number of nitrogens with one attached hydrogen (secondary N) is 3. The average Bonchev–Trinajstić information content (AvgIpc) is 3.22. The number of sulfonamides is 1. The Morgan fingerprint density at radius 1 is 1.03 bits per heavy atom. The van der Waals surface area contributed by atoms with Gasteiger partial charge in [-0.2, -0.15) is 0 Å². The Morgan fingerprint density at radius 3 is 2.44 bits per heavy atom. The summed E-state index contributed by atoms with van der Waals surface area (Å²) in [5.41, 5.74) is 0.934. The Kier molecular flexibility index (Phi) is 6.82. The number of halogens is 2. The highest BCUT2D eigenvalue weighted by atomic mass is 35.5. The van der Waals surface area contributed by atoms with Gasteiger partial charge >= 0.3 is 11.7 Å². The number of hydrogen-bond acceptors (Lipinski definition) is 6. The fourth-order valence-electron chi connectivity index (χ4n) is 3.29. The second kappa shape index (κ2) is 9.84. The highest BCUT2D eigenvalue weighted by Crippen LogP contribution is 2.26. The van der Waals surface area contributed by atoms with Gasteiger partial charge in [0, 0.05) is 12.7 Å². The minimum atomic E-state index is -4.13. The molecular weight excluding hydrogens is 515 g/mol. The lowest BCUT2D eigenvalue weighted by Crippen LogP contribution is -2.27. The van der Waals surface area contributed by atoms with E-state index in [4.69, 9.17) is 16.3 Å². The molecule has 0 unspecified atom stereocenters. The lowest BCUT2D eigenvalue weighted by molar-refractivity contribution is -0.119. The first-order chi connectivity index (χ1) is 17.0. The number of ether oxygens (including phenoxy) is 1. The Bertz CT molecular complexity index is 1630. The van der Waals surface area contributed by atoms with Crippen LogP contribution in [0.5, 0.6) is 0 Å². The second-order valence-electron chi connectivity index (χ2n) is 7.55. The number of anilines is 2. The molecule has 0 aliphatic heterocycles. The van der Waals surface area contributed by atoms with Gasteiger partial charge in [0.2, 0.25) is 0 Å². The van der Waals surface area contributed by atoms with Crippen LogP contribution in [-0.2, 0) is 19.6 Å². The molecule has 186 valence electrons. The highest BCUT2D eigenvalue weighted by Gasteiger charge is 2.24. The predicted octanol–water partition coefficient (Wildman–Crippen LogP) is 3.27. The van der Waals surface area contributed by atoms with E-state index in [1.807, 2.05) is 0 Å². The molecule has 3 N–H and O–H groups in total. The van der Waals surface area contributed by atoms with Gasteiger partial charge in [0.05, 0.1) is 32.2 Å². The monoisotopic (exact) mass is 532 g/mol. The minimum Gasteiger partial charge on any atom is -0.452 e. The van der Waals surface area contributed by atoms with Gasteiger partial charge in [-0.3, -0.25) is 9.10 Å². The van der Waals surface area contributed by atoms with Crippen LogP contribution in [0.15, 0.2) is 70.4 Å². The van der Waals surface area contributed by atoms with E-state index >= 15 is 0 Å². The molecule has 1 heterocycles. The molecule has 0 atom stereocenters. The van der Waals surface area contributed by atoms with E-state index < -0.39 is 40.0 Å². The Balaban J connectivity index is 1.46. The van der Waals surface area contributed by atoms with Crippen LogP contribution >= 0.6 is 11.6 Å². The molecule has 1 aromatic heterocycles. The van der Waals surface area contributed by atoms with Crippen molar-refractivity contribution in [2.45, 2.75) is 4.90 Å². The van der Waals surface area contributed by atoms with Gasteiger partial charge in [0.25, 0.3) is 15.9 Å². The first-order valence-electron chi connectivity index (χ1n) is 10.3. The maximum Gasteiger partial charge on any atom is 0.340 e. The Hall–Kier alpha value is -4.16. The predicted molar refractivity (Wildman–Crippen MR) is 131 cm³/mol. The van der Waals surface area contributed by atoms with Crippen LogP contribution in [-0.4, -0.2) is 43.9 Å². The summed E-state index contributed by atoms with van der Waals surface area (Å²) in [6.45, 7) is -0.677. The summed E-state index contributed by atoms with van der Waals surface area (Å²) in [5.74, 6) is -2.20. The third-order valence-corrected chi connectivity index (χ3v) is 7.25. The number of aromatic nitrogens is 2. The Labute approximate surface area is 208 Å². The van der Waals surface area contributed by atoms with Gasteiger partial charge in [-0.15, -0.1) is 0 Å². The van der Waals surface area contributed by atoms with Crippen LogP contribution in [0.1, 0.15) is 10.4 Å². The number of rotatable bonds is 7. The highest BCUT2D eigenvalue weighted by molar-refractivity contribution is 7.92. The van der Waals surface area contributed by atoms with Crippen LogP contribution in [0.4, 0.5) is 15.8 Å². The van der Waals surface area contributed by atoms with Crippen molar-refractivity contribution < 1.29 is 27.1 Å². The van der Waals surface area contributed by atoms with Gasteiger partial charge in [0.1, 0.15) is 5.82 Å². The molecule has 0 aliphatic rings. The molecule has 1 amide bonds. The van der Waals surface area contributed by atoms with E-state index in [-0.39, 0.29) is 21.2 Å². The average molecular weight is 533 g/mol. The van der Waals surface area contributed by atoms with Crippen molar-refractivity contribution in [2.24, 2.45) is 0 Å². The first kappa shape index (κ1) is 24.9. The topological polar surface area (TPSA) is 141 Å². The van der Waals surface area contributed by atoms with E-state index in [1.54, 1.807) is 12.1 Å². The Morgan fingerprint density at radius 2 is 1.72 bits per heavy atom. The van der Waals surface area contributed by atoms with Gasteiger partial charge in [0.15, 0.2) is 6.61 Å². The van der Waals surface area contributed by atoms with Crippen LogP contribution in [0.25, 0.3) is 11.0 Å². The van der Waals surface area contributed by atoms with Crippen molar-refractivity contribution in [3.63, 3.8) is 0 Å². The zero-order valence-electron chi connectivity index (χ0n) is 18.5. The van der Waals surface area contributed by atoms with Crippen molar-refractivity contribution in [3.05, 3.63) is 87.6 Å². The number of esters is 1. The molecule has 10 nitrogen and oxygen atoms in total. The fraction of sp³-hybridized carbons (Fsp3) is 0.0870. The number of nitrogens with zero attached hydrogens (tertiary/aromatic N) is 1. The van der Waals surface area contributed by atoms with Crippen molar-refractivity contribution >= 4 is 55.9 Å². The molecule has 36 heavy (non-hydrogen) atoms. The summed E-state index contributed by atoms with van der Waals surface area (Å²) >= 11 is 6.07. The standard InChI is InChI=1S/C23H18ClFN4O6S/c1-29(15-5-2-13(25)3-6-15)36(33,34)16-7-8-18(24)17(11-16)22(31)35-12-21(30)26-14-4-9-19-20(10-14)28-23(32)27-19/h2-11H,12H2,1H3,(H,26,30)(H2,27,28,32). The number of aromatic amines is 2. The fourth-order valence-corrected chi connectivity index (χ4v) is 4.70. The molecule has 4 rings (SSSR count). The number of amides is 1. The van der Waals surface area contributed by atoms with E-state index in [9.17, 15) is 27.2 Å². The zero-order chi connectivity index (χ0) is 26.0. The molecule has 0 fully saturated rings. The summed E-state index contributed by atoms with van der Waals surface area (Å²) in [4.78, 5) is 41.0. The maximum atomic E-state index is 13.2. The summed E-state index contributed by atoms with van der Waals surface area (Å²) in [5, 5.41) is 2.45. The van der Waals surface area contributed by atoms with Crippen LogP contribution in [0, 0.1) is 5.82 Å². The van der Waals surface area contributed by atoms with Gasteiger partial charge in [-0.05, 0) is 60.7 Å². The van der Waals surface area contributed by atoms with Crippen molar-refractivity contribution in [3.8, 4) is 0 Å². The summed E-state index contributed by atoms with van der Waals surface area (Å²) in [6, 6.07) is 12.9. The lowest BCUT2D eigenvalue weighted by Gasteiger charge is -2.20. The zero-order valence-corrected chi connectivity index (χ0v) is 20.1. The molecule has 0 spiro atoms. The summed E-state index contributed by atoms with van der Waals surface area (Å²) in [6.07, 6.45) is 0. The number of hydrogen-bond donors (Lipinski definition) is 3. The maximum absolute atomic E-state index is 13.2. The van der Waals surface area contributed by atoms with E-state index in [2.05, 4.69) is 15.3 Å². The number of benzene rings is 3. The van der Waals surface area contributed by atoms with Crippen molar-refractivity contribution in [1.29, 1.82) is 0 Å². The van der Waals surface area contributed by atoms with Crippen molar-refractivity contribution in [2.75, 3.05) is 23.3 Å². The molecule has 0 bridgehead atoms. The minimum absolute atomic E-state index is 0.0781. The number of carbonyl (C=O) groups is 2. The van der Waals surface area contributed by atoms with E-state index in [0.717, 1.165) is 22.5 Å². The number of imidazole rings is 1. The normalized spacial score (nSPS) is 11.3. The first-order valence-corrected chi connectivity index (χ1v) is 12.1. The summed E-state index contributed by atoms with van der Waals surface area (Å²) in [7, 11) is -2.85. The molecule has 0 radical (unpaired) electrons. The second-order valence-corrected chi connectivity index (χ2v) is 9.93. The molecular formula is C23H18ClFN4O6S. The largest absolute Gasteiger partial charge is 0.452 e. The van der Waals surface area contributed by atoms with E-state index in [1.165, 1.54) is 37.4 Å². The third-order valence-electron chi connectivity index (χ3n) is 5.14. The van der Waals surface area contributed by atoms with Crippen molar-refractivity contribution in [1.82, 2.24) is 9.97 Å². The van der Waals surface area contributed by atoms with E-state index in [0.29, 0.717) is 16.7 Å². The molecule has 0 aliphatic carbocycles. The number of H-pyrrole nitrogens is 2.